The van der Waals surface area contributed by atoms with Crippen molar-refractivity contribution in [1.82, 2.24) is 9.88 Å². The summed E-state index contributed by atoms with van der Waals surface area (Å²) < 4.78 is 0. The van der Waals surface area contributed by atoms with Gasteiger partial charge in [0, 0.05) is 30.9 Å². The van der Waals surface area contributed by atoms with E-state index in [1.807, 2.05) is 11.9 Å². The summed E-state index contributed by atoms with van der Waals surface area (Å²) in [5.74, 6) is 0.472. The van der Waals surface area contributed by atoms with Crippen molar-refractivity contribution in [2.45, 2.75) is 38.5 Å². The van der Waals surface area contributed by atoms with Gasteiger partial charge in [-0.3, -0.25) is 14.6 Å². The average molecular weight is 369 g/mol. The largest absolute Gasteiger partial charge is 0.341 e. The minimum absolute atomic E-state index is 0.0396. The Morgan fingerprint density at radius 3 is 2.85 bits per heavy atom. The SMILES string of the molecule is CN(CC1CC1)C(=O)c1c(NC(=O)c2cccnc2)sc2c1CCCC2. The number of hydrogen-bond donors (Lipinski definition) is 1. The van der Waals surface area contributed by atoms with Gasteiger partial charge in [0.25, 0.3) is 11.8 Å². The number of amides is 2. The molecule has 0 unspecified atom stereocenters. The van der Waals surface area contributed by atoms with E-state index in [1.54, 1.807) is 35.9 Å². The van der Waals surface area contributed by atoms with Crippen molar-refractivity contribution < 1.29 is 9.59 Å². The third-order valence-corrected chi connectivity index (χ3v) is 6.32. The van der Waals surface area contributed by atoms with Crippen LogP contribution in [-0.2, 0) is 12.8 Å². The molecule has 1 fully saturated rings. The molecule has 2 aliphatic carbocycles. The molecule has 2 amide bonds. The molecule has 136 valence electrons. The van der Waals surface area contributed by atoms with E-state index in [-0.39, 0.29) is 11.8 Å². The van der Waals surface area contributed by atoms with E-state index in [0.29, 0.717) is 22.0 Å². The third kappa shape index (κ3) is 3.51. The van der Waals surface area contributed by atoms with Crippen molar-refractivity contribution in [3.8, 4) is 0 Å². The first-order valence-corrected chi connectivity index (χ1v) is 10.1. The van der Waals surface area contributed by atoms with Crippen LogP contribution in [0.15, 0.2) is 24.5 Å². The van der Waals surface area contributed by atoms with Gasteiger partial charge < -0.3 is 10.2 Å². The van der Waals surface area contributed by atoms with E-state index in [9.17, 15) is 9.59 Å². The van der Waals surface area contributed by atoms with Crippen molar-refractivity contribution in [2.75, 3.05) is 18.9 Å². The molecule has 2 aromatic rings. The Balaban J connectivity index is 1.63. The lowest BCUT2D eigenvalue weighted by Gasteiger charge is -2.19. The summed E-state index contributed by atoms with van der Waals surface area (Å²) >= 11 is 1.57. The Bertz CT molecular complexity index is 827. The molecule has 6 heteroatoms. The number of hydrogen-bond acceptors (Lipinski definition) is 4. The standard InChI is InChI=1S/C20H23N3O2S/c1-23(12-13-8-9-13)20(25)17-15-6-2-3-7-16(15)26-19(17)22-18(24)14-5-4-10-21-11-14/h4-5,10-11,13H,2-3,6-9,12H2,1H3,(H,22,24). The maximum absolute atomic E-state index is 13.1. The van der Waals surface area contributed by atoms with Crippen LogP contribution in [0, 0.1) is 5.92 Å². The van der Waals surface area contributed by atoms with Crippen LogP contribution < -0.4 is 5.32 Å². The Labute approximate surface area is 157 Å². The molecule has 2 aliphatic rings. The molecule has 0 aliphatic heterocycles. The molecule has 0 spiro atoms. The number of aromatic nitrogens is 1. The lowest BCUT2D eigenvalue weighted by atomic mass is 9.95. The smallest absolute Gasteiger partial charge is 0.257 e. The van der Waals surface area contributed by atoms with Gasteiger partial charge in [-0.25, -0.2) is 0 Å². The summed E-state index contributed by atoms with van der Waals surface area (Å²) in [6, 6.07) is 3.47. The van der Waals surface area contributed by atoms with Gasteiger partial charge in [-0.15, -0.1) is 11.3 Å². The molecule has 0 radical (unpaired) electrons. The second-order valence-electron chi connectivity index (χ2n) is 7.24. The summed E-state index contributed by atoms with van der Waals surface area (Å²) in [7, 11) is 1.88. The fourth-order valence-electron chi connectivity index (χ4n) is 3.51. The second-order valence-corrected chi connectivity index (χ2v) is 8.35. The number of carbonyl (C=O) groups excluding carboxylic acids is 2. The van der Waals surface area contributed by atoms with Crippen molar-refractivity contribution in [1.29, 1.82) is 0 Å². The van der Waals surface area contributed by atoms with E-state index in [1.165, 1.54) is 17.7 Å². The number of nitrogens with one attached hydrogen (secondary N) is 1. The van der Waals surface area contributed by atoms with Gasteiger partial charge in [-0.2, -0.15) is 0 Å². The molecule has 0 saturated heterocycles. The Kier molecular flexibility index (Phi) is 4.76. The molecule has 1 saturated carbocycles. The van der Waals surface area contributed by atoms with Crippen LogP contribution in [0.3, 0.4) is 0 Å². The lowest BCUT2D eigenvalue weighted by Crippen LogP contribution is -2.30. The molecule has 0 bridgehead atoms. The lowest BCUT2D eigenvalue weighted by molar-refractivity contribution is 0.0789. The molecule has 0 aromatic carbocycles. The highest BCUT2D eigenvalue weighted by atomic mass is 32.1. The molecular weight excluding hydrogens is 346 g/mol. The predicted octanol–water partition coefficient (Wildman–Crippen LogP) is 3.76. The number of pyridine rings is 1. The van der Waals surface area contributed by atoms with Crippen LogP contribution >= 0.6 is 11.3 Å². The Hall–Kier alpha value is -2.21. The van der Waals surface area contributed by atoms with E-state index < -0.39 is 0 Å². The van der Waals surface area contributed by atoms with Crippen molar-refractivity contribution in [3.05, 3.63) is 46.1 Å². The van der Waals surface area contributed by atoms with Crippen LogP contribution in [0.2, 0.25) is 0 Å². The minimum atomic E-state index is -0.212. The number of fused-ring (bicyclic) bond motifs is 1. The van der Waals surface area contributed by atoms with Gasteiger partial charge in [0.2, 0.25) is 0 Å². The van der Waals surface area contributed by atoms with Gasteiger partial charge in [0.05, 0.1) is 11.1 Å². The number of aryl methyl sites for hydroxylation is 1. The van der Waals surface area contributed by atoms with Crippen molar-refractivity contribution in [3.63, 3.8) is 0 Å². The molecule has 26 heavy (non-hydrogen) atoms. The van der Waals surface area contributed by atoms with Crippen LogP contribution in [0.4, 0.5) is 5.00 Å². The van der Waals surface area contributed by atoms with Gasteiger partial charge in [0.1, 0.15) is 5.00 Å². The summed E-state index contributed by atoms with van der Waals surface area (Å²) in [6.07, 6.45) is 9.78. The highest BCUT2D eigenvalue weighted by Crippen LogP contribution is 2.39. The van der Waals surface area contributed by atoms with E-state index in [0.717, 1.165) is 37.8 Å². The fourth-order valence-corrected chi connectivity index (χ4v) is 4.79. The molecule has 4 rings (SSSR count). The van der Waals surface area contributed by atoms with Gasteiger partial charge in [-0.05, 0) is 62.1 Å². The number of thiophene rings is 1. The third-order valence-electron chi connectivity index (χ3n) is 5.11. The Morgan fingerprint density at radius 2 is 2.12 bits per heavy atom. The zero-order valence-electron chi connectivity index (χ0n) is 15.0. The monoisotopic (exact) mass is 369 g/mol. The molecular formula is C20H23N3O2S. The highest BCUT2D eigenvalue weighted by Gasteiger charge is 2.31. The zero-order valence-corrected chi connectivity index (χ0v) is 15.8. The first-order chi connectivity index (χ1) is 12.6. The quantitative estimate of drug-likeness (QED) is 0.873. The van der Waals surface area contributed by atoms with Crippen LogP contribution in [0.25, 0.3) is 0 Å². The predicted molar refractivity (Wildman–Crippen MR) is 103 cm³/mol. The normalized spacial score (nSPS) is 16.0. The maximum atomic E-state index is 13.1. The van der Waals surface area contributed by atoms with E-state index in [2.05, 4.69) is 10.3 Å². The summed E-state index contributed by atoms with van der Waals surface area (Å²) in [4.78, 5) is 32.8. The number of rotatable bonds is 5. The average Bonchev–Trinajstić information content (AvgIpc) is 3.40. The fraction of sp³-hybridized carbons (Fsp3) is 0.450. The minimum Gasteiger partial charge on any atom is -0.341 e. The first kappa shape index (κ1) is 17.2. The van der Waals surface area contributed by atoms with Crippen LogP contribution in [0.1, 0.15) is 56.8 Å². The molecule has 2 aromatic heterocycles. The van der Waals surface area contributed by atoms with E-state index >= 15 is 0 Å². The topological polar surface area (TPSA) is 62.3 Å². The van der Waals surface area contributed by atoms with Crippen LogP contribution in [0.5, 0.6) is 0 Å². The molecule has 0 atom stereocenters. The zero-order chi connectivity index (χ0) is 18.1. The van der Waals surface area contributed by atoms with Gasteiger partial charge >= 0.3 is 0 Å². The Morgan fingerprint density at radius 1 is 1.31 bits per heavy atom. The van der Waals surface area contributed by atoms with Gasteiger partial charge in [0.15, 0.2) is 0 Å². The molecule has 2 heterocycles. The van der Waals surface area contributed by atoms with Gasteiger partial charge in [-0.1, -0.05) is 0 Å². The van der Waals surface area contributed by atoms with Crippen molar-refractivity contribution >= 4 is 28.2 Å². The second kappa shape index (κ2) is 7.19. The first-order valence-electron chi connectivity index (χ1n) is 9.25. The maximum Gasteiger partial charge on any atom is 0.257 e. The summed E-state index contributed by atoms with van der Waals surface area (Å²) in [5.41, 5.74) is 2.36. The van der Waals surface area contributed by atoms with E-state index in [4.69, 9.17) is 0 Å². The number of nitrogens with zero attached hydrogens (tertiary/aromatic N) is 2. The van der Waals surface area contributed by atoms with Crippen LogP contribution in [-0.4, -0.2) is 35.3 Å². The van der Waals surface area contributed by atoms with Crippen molar-refractivity contribution in [2.24, 2.45) is 5.92 Å². The number of carbonyl (C=O) groups is 2. The highest BCUT2D eigenvalue weighted by molar-refractivity contribution is 7.17. The summed E-state index contributed by atoms with van der Waals surface area (Å²) in [6.45, 7) is 0.805. The summed E-state index contributed by atoms with van der Waals surface area (Å²) in [5, 5.41) is 3.67. The number of anilines is 1. The molecule has 5 nitrogen and oxygen atoms in total. The molecule has 1 N–H and O–H groups in total.